The number of nitrogens with zero attached hydrogens (tertiary/aromatic N) is 3. The van der Waals surface area contributed by atoms with Gasteiger partial charge < -0.3 is 5.32 Å². The van der Waals surface area contributed by atoms with E-state index in [1.54, 1.807) is 7.05 Å². The average molecular weight is 265 g/mol. The van der Waals surface area contributed by atoms with Gasteiger partial charge in [-0.05, 0) is 18.3 Å². The molecule has 1 fully saturated rings. The van der Waals surface area contributed by atoms with Gasteiger partial charge in [0.1, 0.15) is 6.33 Å². The van der Waals surface area contributed by atoms with E-state index in [-0.39, 0.29) is 11.4 Å². The number of urea groups is 1. The van der Waals surface area contributed by atoms with Crippen LogP contribution in [0.2, 0.25) is 0 Å². The topological polar surface area (TPSA) is 71.8 Å². The zero-order valence-corrected chi connectivity index (χ0v) is 11.8. The molecule has 2 N–H and O–H groups in total. The van der Waals surface area contributed by atoms with E-state index in [1.807, 2.05) is 0 Å². The summed E-state index contributed by atoms with van der Waals surface area (Å²) in [4.78, 5) is 15.8. The third-order valence-electron chi connectivity index (χ3n) is 3.92. The van der Waals surface area contributed by atoms with E-state index in [4.69, 9.17) is 0 Å². The molecule has 1 heterocycles. The van der Waals surface area contributed by atoms with Crippen molar-refractivity contribution in [2.24, 2.45) is 12.5 Å². The minimum absolute atomic E-state index is 0.207. The highest BCUT2D eigenvalue weighted by Gasteiger charge is 2.26. The van der Waals surface area contributed by atoms with Crippen molar-refractivity contribution in [2.75, 3.05) is 11.9 Å². The van der Waals surface area contributed by atoms with Crippen LogP contribution in [0.15, 0.2) is 6.33 Å². The zero-order valence-electron chi connectivity index (χ0n) is 11.8. The number of anilines is 1. The number of aromatic nitrogens is 3. The van der Waals surface area contributed by atoms with Gasteiger partial charge in [-0.25, -0.2) is 9.48 Å². The number of hydrogen-bond acceptors (Lipinski definition) is 3. The second-order valence-corrected chi connectivity index (χ2v) is 5.74. The first-order valence-electron chi connectivity index (χ1n) is 6.98. The molecule has 0 unspecified atom stereocenters. The van der Waals surface area contributed by atoms with Crippen LogP contribution < -0.4 is 10.6 Å². The highest BCUT2D eigenvalue weighted by molar-refractivity contribution is 5.87. The fourth-order valence-electron chi connectivity index (χ4n) is 2.61. The van der Waals surface area contributed by atoms with Crippen molar-refractivity contribution in [3.8, 4) is 0 Å². The lowest BCUT2D eigenvalue weighted by atomic mass is 9.82. The summed E-state index contributed by atoms with van der Waals surface area (Å²) in [5, 5.41) is 9.57. The molecule has 2 amide bonds. The van der Waals surface area contributed by atoms with Crippen LogP contribution in [0.5, 0.6) is 0 Å². The van der Waals surface area contributed by atoms with E-state index < -0.39 is 0 Å². The number of aryl methyl sites for hydroxylation is 1. The van der Waals surface area contributed by atoms with Crippen molar-refractivity contribution >= 4 is 12.0 Å². The molecule has 0 aliphatic heterocycles. The number of nitrogens with one attached hydrogen (secondary N) is 2. The zero-order chi connectivity index (χ0) is 13.7. The summed E-state index contributed by atoms with van der Waals surface area (Å²) in [6, 6.07) is -0.207. The average Bonchev–Trinajstić information content (AvgIpc) is 2.64. The van der Waals surface area contributed by atoms with E-state index in [0.717, 1.165) is 6.54 Å². The standard InChI is InChI=1S/C13H23N5O/c1-13(7-5-3-4-6-8-13)9-14-12(19)17-11-15-10-16-18(11)2/h10H,3-9H2,1-2H3,(H2,14,15,16,17,19). The van der Waals surface area contributed by atoms with Crippen LogP contribution in [-0.4, -0.2) is 27.3 Å². The Morgan fingerprint density at radius 2 is 2.05 bits per heavy atom. The Bertz CT molecular complexity index is 420. The normalized spacial score (nSPS) is 18.6. The molecular formula is C13H23N5O. The van der Waals surface area contributed by atoms with Gasteiger partial charge in [-0.2, -0.15) is 10.1 Å². The molecule has 0 bridgehead atoms. The number of carbonyl (C=O) groups is 1. The van der Waals surface area contributed by atoms with Crippen molar-refractivity contribution in [1.29, 1.82) is 0 Å². The number of hydrogen-bond donors (Lipinski definition) is 2. The lowest BCUT2D eigenvalue weighted by molar-refractivity contribution is 0.233. The van der Waals surface area contributed by atoms with E-state index in [0.29, 0.717) is 5.95 Å². The van der Waals surface area contributed by atoms with Gasteiger partial charge in [0.05, 0.1) is 0 Å². The smallest absolute Gasteiger partial charge is 0.321 e. The van der Waals surface area contributed by atoms with Crippen LogP contribution in [0.1, 0.15) is 45.4 Å². The van der Waals surface area contributed by atoms with Crippen molar-refractivity contribution in [2.45, 2.75) is 45.4 Å². The molecule has 1 saturated carbocycles. The van der Waals surface area contributed by atoms with Gasteiger partial charge >= 0.3 is 6.03 Å². The molecule has 1 aliphatic rings. The van der Waals surface area contributed by atoms with Gasteiger partial charge in [0.25, 0.3) is 0 Å². The highest BCUT2D eigenvalue weighted by Crippen LogP contribution is 2.33. The molecule has 1 aliphatic carbocycles. The minimum Gasteiger partial charge on any atom is -0.337 e. The summed E-state index contributed by atoms with van der Waals surface area (Å²) in [6.45, 7) is 2.98. The van der Waals surface area contributed by atoms with Gasteiger partial charge in [0.2, 0.25) is 5.95 Å². The van der Waals surface area contributed by atoms with Gasteiger partial charge in [0.15, 0.2) is 0 Å². The van der Waals surface area contributed by atoms with E-state index in [9.17, 15) is 4.79 Å². The SMILES string of the molecule is Cn1ncnc1NC(=O)NCC1(C)CCCCCC1. The minimum atomic E-state index is -0.207. The van der Waals surface area contributed by atoms with E-state index >= 15 is 0 Å². The molecule has 0 radical (unpaired) electrons. The molecule has 1 aromatic rings. The van der Waals surface area contributed by atoms with Gasteiger partial charge in [0, 0.05) is 13.6 Å². The Balaban J connectivity index is 1.81. The quantitative estimate of drug-likeness (QED) is 0.824. The number of rotatable bonds is 3. The largest absolute Gasteiger partial charge is 0.337 e. The van der Waals surface area contributed by atoms with Crippen LogP contribution in [0.25, 0.3) is 0 Å². The molecule has 1 aromatic heterocycles. The molecule has 0 saturated heterocycles. The Hall–Kier alpha value is -1.59. The monoisotopic (exact) mass is 265 g/mol. The number of carbonyl (C=O) groups excluding carboxylic acids is 1. The maximum Gasteiger partial charge on any atom is 0.321 e. The van der Waals surface area contributed by atoms with Crippen LogP contribution in [0.4, 0.5) is 10.7 Å². The summed E-state index contributed by atoms with van der Waals surface area (Å²) in [5.41, 5.74) is 0.230. The predicted octanol–water partition coefficient (Wildman–Crippen LogP) is 2.30. The maximum absolute atomic E-state index is 11.8. The van der Waals surface area contributed by atoms with Crippen molar-refractivity contribution in [3.63, 3.8) is 0 Å². The lowest BCUT2D eigenvalue weighted by Crippen LogP contribution is -2.38. The summed E-state index contributed by atoms with van der Waals surface area (Å²) >= 11 is 0. The van der Waals surface area contributed by atoms with Crippen LogP contribution in [0.3, 0.4) is 0 Å². The van der Waals surface area contributed by atoms with E-state index in [2.05, 4.69) is 27.6 Å². The van der Waals surface area contributed by atoms with Crippen molar-refractivity contribution < 1.29 is 4.79 Å². The Morgan fingerprint density at radius 1 is 1.37 bits per heavy atom. The molecule has 6 nitrogen and oxygen atoms in total. The Kier molecular flexibility index (Phi) is 4.39. The molecule has 2 rings (SSSR count). The van der Waals surface area contributed by atoms with Crippen LogP contribution in [-0.2, 0) is 7.05 Å². The predicted molar refractivity (Wildman–Crippen MR) is 73.8 cm³/mol. The third kappa shape index (κ3) is 3.94. The molecule has 0 atom stereocenters. The van der Waals surface area contributed by atoms with Crippen LogP contribution in [0, 0.1) is 5.41 Å². The highest BCUT2D eigenvalue weighted by atomic mass is 16.2. The summed E-state index contributed by atoms with van der Waals surface area (Å²) in [6.07, 6.45) is 8.98. The van der Waals surface area contributed by atoms with Gasteiger partial charge in [-0.1, -0.05) is 32.6 Å². The summed E-state index contributed by atoms with van der Waals surface area (Å²) in [5.74, 6) is 0.462. The Morgan fingerprint density at radius 3 is 2.63 bits per heavy atom. The molecule has 0 aromatic carbocycles. The summed E-state index contributed by atoms with van der Waals surface area (Å²) in [7, 11) is 1.75. The first-order valence-corrected chi connectivity index (χ1v) is 6.98. The Labute approximate surface area is 114 Å². The first-order chi connectivity index (χ1) is 9.09. The molecular weight excluding hydrogens is 242 g/mol. The van der Waals surface area contributed by atoms with E-state index in [1.165, 1.54) is 49.5 Å². The fourth-order valence-corrected chi connectivity index (χ4v) is 2.61. The van der Waals surface area contributed by atoms with Crippen molar-refractivity contribution in [1.82, 2.24) is 20.1 Å². The second-order valence-electron chi connectivity index (χ2n) is 5.74. The lowest BCUT2D eigenvalue weighted by Gasteiger charge is -2.28. The molecule has 19 heavy (non-hydrogen) atoms. The molecule has 0 spiro atoms. The summed E-state index contributed by atoms with van der Waals surface area (Å²) < 4.78 is 1.53. The van der Waals surface area contributed by atoms with Gasteiger partial charge in [-0.3, -0.25) is 5.32 Å². The maximum atomic E-state index is 11.8. The molecule has 106 valence electrons. The number of amides is 2. The second kappa shape index (κ2) is 6.04. The van der Waals surface area contributed by atoms with Gasteiger partial charge in [-0.15, -0.1) is 0 Å². The van der Waals surface area contributed by atoms with Crippen molar-refractivity contribution in [3.05, 3.63) is 6.33 Å². The third-order valence-corrected chi connectivity index (χ3v) is 3.92. The molecule has 6 heteroatoms. The van der Waals surface area contributed by atoms with Crippen LogP contribution >= 0.6 is 0 Å². The fraction of sp³-hybridized carbons (Fsp3) is 0.769. The first kappa shape index (κ1) is 13.8.